The molecule has 3 rings (SSSR count). The maximum Gasteiger partial charge on any atom is 0 e. The second kappa shape index (κ2) is 19.8. The second-order valence-electron chi connectivity index (χ2n) is 7.81. The predicted octanol–water partition coefficient (Wildman–Crippen LogP) is 4.81. The van der Waals surface area contributed by atoms with E-state index in [9.17, 15) is 9.59 Å². The van der Waals surface area contributed by atoms with Gasteiger partial charge in [0.1, 0.15) is 0 Å². The van der Waals surface area contributed by atoms with Crippen LogP contribution in [0.2, 0.25) is 0 Å². The summed E-state index contributed by atoms with van der Waals surface area (Å²) in [6, 6.07) is 32.3. The van der Waals surface area contributed by atoms with E-state index in [-0.39, 0.29) is 43.2 Å². The van der Waals surface area contributed by atoms with Gasteiger partial charge < -0.3 is 0 Å². The Morgan fingerprint density at radius 2 is 0.900 bits per heavy atom. The summed E-state index contributed by atoms with van der Waals surface area (Å²) in [6.45, 7) is 7.22. The van der Waals surface area contributed by atoms with Crippen molar-refractivity contribution in [2.75, 3.05) is 13.2 Å². The van der Waals surface area contributed by atoms with E-state index in [2.05, 4.69) is 133 Å². The number of hydrogen-bond acceptors (Lipinski definition) is 6. The summed E-state index contributed by atoms with van der Waals surface area (Å²) in [7, 11) is -0.446. The standard InChI is InChI=1S/C18H15P.C12H16N2O4Se2.Pt/c1-4-10-16(11-5-1)19(17-12-6-2-7-13-17)18-14-8-3-9-15-18;1-5-17-11(15)9(19)7(3)13-14-8(4)10(20)12(16)18-6-2;/h1-15H;5-6H2,1-4H3;/b;9-7-,10-8-,14-13+;. The first-order valence-corrected chi connectivity index (χ1v) is 15.3. The van der Waals surface area contributed by atoms with E-state index >= 15 is 0 Å². The Bertz CT molecular complexity index is 1170. The fraction of sp³-hybridized carbons (Fsp3) is 0.200. The molecule has 6 nitrogen and oxygen atoms in total. The molecule has 0 spiro atoms. The Morgan fingerprint density at radius 3 is 1.15 bits per heavy atom. The normalized spacial score (nSPS) is 11.8. The molecule has 0 saturated carbocycles. The summed E-state index contributed by atoms with van der Waals surface area (Å²) in [6.07, 6.45) is 0. The van der Waals surface area contributed by atoms with Gasteiger partial charge in [0, 0.05) is 21.1 Å². The number of allylic oxidation sites excluding steroid dienone is 2. The molecule has 3 aromatic carbocycles. The number of ether oxygens (including phenoxy) is 2. The number of azo groups is 1. The second-order valence-corrected chi connectivity index (χ2v) is 11.7. The van der Waals surface area contributed by atoms with E-state index in [1.165, 1.54) is 15.9 Å². The molecule has 0 amide bonds. The number of hydrogen-bond donors (Lipinski definition) is 0. The summed E-state index contributed by atoms with van der Waals surface area (Å²) < 4.78 is 10.2. The molecule has 2 radical (unpaired) electrons. The maximum atomic E-state index is 11.5. The molecular weight excluding hydrogens is 836 g/mol. The summed E-state index contributed by atoms with van der Waals surface area (Å²) >= 11 is 5.19. The number of rotatable bonds is 9. The van der Waals surface area contributed by atoms with Crippen molar-refractivity contribution < 1.29 is 40.1 Å². The molecule has 0 unspecified atom stereocenters. The summed E-state index contributed by atoms with van der Waals surface area (Å²) in [5.41, 5.74) is 0.749. The Morgan fingerprint density at radius 1 is 0.625 bits per heavy atom. The summed E-state index contributed by atoms with van der Waals surface area (Å²) in [5.74, 6) is -0.974. The van der Waals surface area contributed by atoms with Gasteiger partial charge >= 0.3 is 135 Å². The van der Waals surface area contributed by atoms with Crippen LogP contribution in [-0.4, -0.2) is 57.2 Å². The molecule has 0 heterocycles. The van der Waals surface area contributed by atoms with Crippen molar-refractivity contribution in [1.82, 2.24) is 0 Å². The Hall–Kier alpha value is -2.16. The topological polar surface area (TPSA) is 77.3 Å². The van der Waals surface area contributed by atoms with Gasteiger partial charge in [0.25, 0.3) is 0 Å². The summed E-state index contributed by atoms with van der Waals surface area (Å²) in [5, 5.41) is 11.9. The first-order valence-electron chi connectivity index (χ1n) is 12.3. The van der Waals surface area contributed by atoms with E-state index in [0.29, 0.717) is 11.4 Å². The molecule has 0 bridgehead atoms. The van der Waals surface area contributed by atoms with Gasteiger partial charge in [-0.05, 0) is 23.8 Å². The molecule has 212 valence electrons. The fourth-order valence-corrected chi connectivity index (χ4v) is 5.83. The molecule has 0 N–H and O–H groups in total. The number of carbonyl (C=O) groups is 2. The van der Waals surface area contributed by atoms with Crippen LogP contribution >= 0.6 is 7.92 Å². The quantitative estimate of drug-likeness (QED) is 0.102. The van der Waals surface area contributed by atoms with Crippen LogP contribution < -0.4 is 15.9 Å². The molecule has 10 heteroatoms. The molecule has 3 aromatic rings. The minimum Gasteiger partial charge on any atom is -0.0622 e. The minimum atomic E-state index is -0.487. The molecule has 0 aromatic heterocycles. The third kappa shape index (κ3) is 11.8. The zero-order valence-electron chi connectivity index (χ0n) is 22.7. The molecular formula is C30H31N2O4PPtSe2. The average molecular weight is 868 g/mol. The number of benzene rings is 3. The Labute approximate surface area is 268 Å². The Balaban J connectivity index is 0.000000390. The monoisotopic (exact) mass is 869 g/mol. The zero-order valence-corrected chi connectivity index (χ0v) is 29.3. The molecule has 0 atom stereocenters. The van der Waals surface area contributed by atoms with Crippen LogP contribution in [0, 0.1) is 0 Å². The fourth-order valence-electron chi connectivity index (χ4n) is 3.11. The van der Waals surface area contributed by atoms with Crippen LogP contribution in [-0.2, 0) is 40.1 Å². The van der Waals surface area contributed by atoms with Crippen molar-refractivity contribution >= 4 is 67.8 Å². The third-order valence-corrected chi connectivity index (χ3v) is 9.35. The van der Waals surface area contributed by atoms with E-state index in [0.717, 1.165) is 0 Å². The smallest absolute Gasteiger partial charge is 0 e. The number of esters is 2. The van der Waals surface area contributed by atoms with Crippen molar-refractivity contribution in [3.05, 3.63) is 111 Å². The zero-order chi connectivity index (χ0) is 28.6. The molecule has 0 aliphatic rings. The molecule has 40 heavy (non-hydrogen) atoms. The van der Waals surface area contributed by atoms with E-state index in [4.69, 9.17) is 9.47 Å². The van der Waals surface area contributed by atoms with Crippen molar-refractivity contribution in [3.8, 4) is 0 Å². The maximum absolute atomic E-state index is 11.5. The van der Waals surface area contributed by atoms with Crippen LogP contribution in [0.4, 0.5) is 0 Å². The minimum absolute atomic E-state index is 0. The van der Waals surface area contributed by atoms with E-state index in [1.807, 2.05) is 0 Å². The average Bonchev–Trinajstić information content (AvgIpc) is 2.97. The number of nitrogens with zero attached hydrogens (tertiary/aromatic N) is 2. The largest absolute Gasteiger partial charge is 0.0622 e. The van der Waals surface area contributed by atoms with Crippen molar-refractivity contribution in [2.45, 2.75) is 27.7 Å². The van der Waals surface area contributed by atoms with Gasteiger partial charge in [-0.1, -0.05) is 91.0 Å². The van der Waals surface area contributed by atoms with Crippen LogP contribution in [0.25, 0.3) is 0 Å². The molecule has 0 fully saturated rings. The molecule has 0 aliphatic carbocycles. The van der Waals surface area contributed by atoms with Crippen LogP contribution in [0.3, 0.4) is 0 Å². The SMILES string of the molecule is CCOC(=O)/C([Se])=C(C)/N=N/C(C)=C(\[Se])C(=O)OCC.[Pt].c1ccc(P(c2ccccc2)c2ccccc2)cc1. The van der Waals surface area contributed by atoms with Crippen LogP contribution in [0.15, 0.2) is 122 Å². The summed E-state index contributed by atoms with van der Waals surface area (Å²) in [4.78, 5) is 22.9. The Kier molecular flexibility index (Phi) is 17.8. The van der Waals surface area contributed by atoms with Gasteiger partial charge in [0.15, 0.2) is 0 Å². The van der Waals surface area contributed by atoms with Gasteiger partial charge in [-0.2, -0.15) is 0 Å². The van der Waals surface area contributed by atoms with Crippen LogP contribution in [0.1, 0.15) is 27.7 Å². The van der Waals surface area contributed by atoms with Crippen molar-refractivity contribution in [2.24, 2.45) is 10.2 Å². The van der Waals surface area contributed by atoms with E-state index < -0.39 is 19.9 Å². The predicted molar refractivity (Wildman–Crippen MR) is 160 cm³/mol. The number of carbonyl (C=O) groups excluding carboxylic acids is 2. The molecule has 0 saturated heterocycles. The van der Waals surface area contributed by atoms with Gasteiger partial charge in [-0.3, -0.25) is 0 Å². The molecule has 0 aliphatic heterocycles. The first-order chi connectivity index (χ1) is 18.8. The van der Waals surface area contributed by atoms with Gasteiger partial charge in [0.2, 0.25) is 0 Å². The van der Waals surface area contributed by atoms with Gasteiger partial charge in [-0.25, -0.2) is 0 Å². The first kappa shape index (κ1) is 35.9. The van der Waals surface area contributed by atoms with E-state index in [1.54, 1.807) is 27.7 Å². The third-order valence-electron chi connectivity index (χ3n) is 4.97. The van der Waals surface area contributed by atoms with Crippen LogP contribution in [0.5, 0.6) is 0 Å². The van der Waals surface area contributed by atoms with Crippen molar-refractivity contribution in [1.29, 1.82) is 0 Å². The van der Waals surface area contributed by atoms with Crippen molar-refractivity contribution in [3.63, 3.8) is 0 Å². The van der Waals surface area contributed by atoms with Gasteiger partial charge in [0.05, 0.1) is 0 Å². The van der Waals surface area contributed by atoms with Gasteiger partial charge in [-0.15, -0.1) is 0 Å².